The number of nitrogens with one attached hydrogen (secondary N) is 2. The Morgan fingerprint density at radius 1 is 1.47 bits per heavy atom. The summed E-state index contributed by atoms with van der Waals surface area (Å²) in [6.45, 7) is 0.582. The molecule has 1 aromatic carbocycles. The molecular formula is C13H16N4OS. The van der Waals surface area contributed by atoms with Crippen molar-refractivity contribution in [3.05, 3.63) is 17.6 Å². The zero-order valence-corrected chi connectivity index (χ0v) is 11.3. The first kappa shape index (κ1) is 12.2. The Balaban J connectivity index is 1.58. The number of carbonyl (C=O) groups excluding carboxylic acids is 1. The normalized spacial score (nSPS) is 14.5. The van der Waals surface area contributed by atoms with Gasteiger partial charge >= 0.3 is 0 Å². The maximum absolute atomic E-state index is 11.5. The fourth-order valence-corrected chi connectivity index (χ4v) is 2.64. The second-order valence-electron chi connectivity index (χ2n) is 4.74. The van der Waals surface area contributed by atoms with Gasteiger partial charge in [0.25, 0.3) is 0 Å². The van der Waals surface area contributed by atoms with E-state index in [-0.39, 0.29) is 5.91 Å². The quantitative estimate of drug-likeness (QED) is 0.729. The van der Waals surface area contributed by atoms with Gasteiger partial charge in [0.2, 0.25) is 5.91 Å². The fourth-order valence-electron chi connectivity index (χ4n) is 1.94. The number of anilines is 2. The lowest BCUT2D eigenvalue weighted by atomic mass is 10.2. The Hall–Kier alpha value is -1.82. The van der Waals surface area contributed by atoms with Gasteiger partial charge in [-0.2, -0.15) is 0 Å². The second kappa shape index (κ2) is 5.05. The summed E-state index contributed by atoms with van der Waals surface area (Å²) in [6, 6.07) is 4.36. The number of nitrogens with two attached hydrogens (primary N) is 1. The molecule has 0 unspecified atom stereocenters. The Kier molecular flexibility index (Phi) is 3.25. The van der Waals surface area contributed by atoms with Crippen LogP contribution in [0.4, 0.5) is 11.4 Å². The van der Waals surface area contributed by atoms with Crippen molar-refractivity contribution in [3.8, 4) is 0 Å². The molecule has 0 radical (unpaired) electrons. The molecule has 4 N–H and O–H groups in total. The highest BCUT2D eigenvalue weighted by Crippen LogP contribution is 2.29. The minimum atomic E-state index is 0.100. The zero-order chi connectivity index (χ0) is 13.2. The number of benzene rings is 1. The predicted octanol–water partition coefficient (Wildman–Crippen LogP) is 1.96. The van der Waals surface area contributed by atoms with Gasteiger partial charge in [-0.05, 0) is 25.0 Å². The van der Waals surface area contributed by atoms with E-state index < -0.39 is 0 Å². The molecule has 1 aromatic heterocycles. The molecule has 0 aliphatic heterocycles. The van der Waals surface area contributed by atoms with E-state index in [2.05, 4.69) is 15.6 Å². The van der Waals surface area contributed by atoms with Gasteiger partial charge in [0, 0.05) is 19.0 Å². The molecule has 19 heavy (non-hydrogen) atoms. The van der Waals surface area contributed by atoms with Crippen molar-refractivity contribution >= 4 is 38.8 Å². The van der Waals surface area contributed by atoms with E-state index in [0.29, 0.717) is 24.7 Å². The molecule has 1 saturated carbocycles. The smallest absolute Gasteiger partial charge is 0.221 e. The summed E-state index contributed by atoms with van der Waals surface area (Å²) in [7, 11) is 0. The number of hydrogen-bond donors (Lipinski definition) is 3. The summed E-state index contributed by atoms with van der Waals surface area (Å²) in [5.41, 5.74) is 10.2. The highest BCUT2D eigenvalue weighted by Gasteiger charge is 2.22. The average Bonchev–Trinajstić information content (AvgIpc) is 3.06. The van der Waals surface area contributed by atoms with Crippen LogP contribution in [0.15, 0.2) is 17.6 Å². The van der Waals surface area contributed by atoms with Crippen LogP contribution in [-0.4, -0.2) is 23.5 Å². The van der Waals surface area contributed by atoms with E-state index in [1.807, 2.05) is 12.1 Å². The Labute approximate surface area is 115 Å². The van der Waals surface area contributed by atoms with Crippen LogP contribution in [0.25, 0.3) is 10.2 Å². The molecule has 6 heteroatoms. The molecule has 1 aliphatic rings. The first-order valence-electron chi connectivity index (χ1n) is 6.39. The van der Waals surface area contributed by atoms with Crippen LogP contribution in [0.5, 0.6) is 0 Å². The SMILES string of the molecule is Nc1c(NCCC(=O)NC2CC2)ccc2scnc12. The standard InChI is InChI=1S/C13H16N4OS/c14-12-9(3-4-10-13(12)16-7-19-10)15-6-5-11(18)17-8-1-2-8/h3-4,7-8,15H,1-2,5-6,14H2,(H,17,18). The maximum Gasteiger partial charge on any atom is 0.221 e. The molecule has 5 nitrogen and oxygen atoms in total. The molecule has 0 spiro atoms. The predicted molar refractivity (Wildman–Crippen MR) is 78.3 cm³/mol. The van der Waals surface area contributed by atoms with Gasteiger partial charge in [0.15, 0.2) is 0 Å². The minimum Gasteiger partial charge on any atom is -0.395 e. The Morgan fingerprint density at radius 2 is 2.32 bits per heavy atom. The van der Waals surface area contributed by atoms with Crippen molar-refractivity contribution < 1.29 is 4.79 Å². The van der Waals surface area contributed by atoms with Crippen LogP contribution in [0.3, 0.4) is 0 Å². The molecule has 0 bridgehead atoms. The largest absolute Gasteiger partial charge is 0.395 e. The molecule has 0 atom stereocenters. The van der Waals surface area contributed by atoms with E-state index in [0.717, 1.165) is 28.7 Å². The summed E-state index contributed by atoms with van der Waals surface area (Å²) < 4.78 is 1.08. The molecule has 1 amide bonds. The number of thiazole rings is 1. The molecule has 1 aliphatic carbocycles. The summed E-state index contributed by atoms with van der Waals surface area (Å²) in [5, 5.41) is 6.16. The number of nitrogens with zero attached hydrogens (tertiary/aromatic N) is 1. The van der Waals surface area contributed by atoms with E-state index in [1.165, 1.54) is 0 Å². The molecule has 1 heterocycles. The van der Waals surface area contributed by atoms with Gasteiger partial charge in [-0.3, -0.25) is 4.79 Å². The van der Waals surface area contributed by atoms with Gasteiger partial charge < -0.3 is 16.4 Å². The number of carbonyl (C=O) groups is 1. The fraction of sp³-hybridized carbons (Fsp3) is 0.385. The Morgan fingerprint density at radius 3 is 3.11 bits per heavy atom. The number of rotatable bonds is 5. The summed E-state index contributed by atoms with van der Waals surface area (Å²) >= 11 is 1.57. The lowest BCUT2D eigenvalue weighted by Crippen LogP contribution is -2.27. The van der Waals surface area contributed by atoms with Gasteiger partial charge in [-0.1, -0.05) is 0 Å². The number of amides is 1. The van der Waals surface area contributed by atoms with Crippen LogP contribution in [-0.2, 0) is 4.79 Å². The van der Waals surface area contributed by atoms with E-state index in [4.69, 9.17) is 5.73 Å². The van der Waals surface area contributed by atoms with Crippen molar-refractivity contribution in [1.29, 1.82) is 0 Å². The van der Waals surface area contributed by atoms with Crippen LogP contribution in [0, 0.1) is 0 Å². The summed E-state index contributed by atoms with van der Waals surface area (Å²) in [6.07, 6.45) is 2.70. The third-order valence-corrected chi connectivity index (χ3v) is 3.95. The first-order chi connectivity index (χ1) is 9.24. The molecule has 2 aromatic rings. The first-order valence-corrected chi connectivity index (χ1v) is 7.27. The van der Waals surface area contributed by atoms with Gasteiger partial charge in [0.1, 0.15) is 5.52 Å². The molecular weight excluding hydrogens is 260 g/mol. The van der Waals surface area contributed by atoms with Crippen LogP contribution >= 0.6 is 11.3 Å². The molecule has 100 valence electrons. The lowest BCUT2D eigenvalue weighted by molar-refractivity contribution is -0.120. The number of nitrogen functional groups attached to an aromatic ring is 1. The molecule has 3 rings (SSSR count). The topological polar surface area (TPSA) is 80.0 Å². The van der Waals surface area contributed by atoms with Crippen molar-refractivity contribution in [2.45, 2.75) is 25.3 Å². The van der Waals surface area contributed by atoms with Crippen LogP contribution in [0.1, 0.15) is 19.3 Å². The second-order valence-corrected chi connectivity index (χ2v) is 5.63. The summed E-state index contributed by atoms with van der Waals surface area (Å²) in [4.78, 5) is 15.8. The molecule has 0 saturated heterocycles. The van der Waals surface area contributed by atoms with Gasteiger partial charge in [-0.25, -0.2) is 4.98 Å². The zero-order valence-electron chi connectivity index (χ0n) is 10.5. The van der Waals surface area contributed by atoms with Crippen molar-refractivity contribution in [3.63, 3.8) is 0 Å². The number of hydrogen-bond acceptors (Lipinski definition) is 5. The van der Waals surface area contributed by atoms with Crippen molar-refractivity contribution in [2.75, 3.05) is 17.6 Å². The lowest BCUT2D eigenvalue weighted by Gasteiger charge is -2.09. The third kappa shape index (κ3) is 2.78. The Bertz CT molecular complexity index is 606. The summed E-state index contributed by atoms with van der Waals surface area (Å²) in [5.74, 6) is 0.100. The van der Waals surface area contributed by atoms with Crippen molar-refractivity contribution in [1.82, 2.24) is 10.3 Å². The maximum atomic E-state index is 11.5. The van der Waals surface area contributed by atoms with E-state index in [1.54, 1.807) is 16.8 Å². The highest BCUT2D eigenvalue weighted by atomic mass is 32.1. The number of aromatic nitrogens is 1. The average molecular weight is 276 g/mol. The van der Waals surface area contributed by atoms with Crippen LogP contribution in [0.2, 0.25) is 0 Å². The monoisotopic (exact) mass is 276 g/mol. The van der Waals surface area contributed by atoms with Gasteiger partial charge in [-0.15, -0.1) is 11.3 Å². The highest BCUT2D eigenvalue weighted by molar-refractivity contribution is 7.16. The van der Waals surface area contributed by atoms with Crippen LogP contribution < -0.4 is 16.4 Å². The number of fused-ring (bicyclic) bond motifs is 1. The van der Waals surface area contributed by atoms with Crippen molar-refractivity contribution in [2.24, 2.45) is 0 Å². The van der Waals surface area contributed by atoms with Gasteiger partial charge in [0.05, 0.1) is 21.6 Å². The molecule has 1 fully saturated rings. The van der Waals surface area contributed by atoms with E-state index in [9.17, 15) is 4.79 Å². The van der Waals surface area contributed by atoms with E-state index >= 15 is 0 Å². The minimum absolute atomic E-state index is 0.100. The third-order valence-electron chi connectivity index (χ3n) is 3.15.